The van der Waals surface area contributed by atoms with Gasteiger partial charge in [0, 0.05) is 5.69 Å². The number of alkyl halides is 3. The van der Waals surface area contributed by atoms with Crippen LogP contribution < -0.4 is 5.32 Å². The van der Waals surface area contributed by atoms with Gasteiger partial charge in [0.25, 0.3) is 0 Å². The Morgan fingerprint density at radius 3 is 1.84 bits per heavy atom. The Kier molecular flexibility index (Phi) is 7.86. The van der Waals surface area contributed by atoms with E-state index in [2.05, 4.69) is 5.32 Å². The summed E-state index contributed by atoms with van der Waals surface area (Å²) in [5.74, 6) is 0. The maximum atomic E-state index is 13.2. The van der Waals surface area contributed by atoms with E-state index in [-0.39, 0.29) is 18.1 Å². The summed E-state index contributed by atoms with van der Waals surface area (Å²) in [5, 5.41) is 2.49. The van der Waals surface area contributed by atoms with Crippen molar-refractivity contribution in [2.24, 2.45) is 0 Å². The molecule has 140 valence electrons. The molecule has 0 saturated heterocycles. The molecule has 0 saturated carbocycles. The second kappa shape index (κ2) is 8.67. The second-order valence-electron chi connectivity index (χ2n) is 6.47. The van der Waals surface area contributed by atoms with Crippen LogP contribution in [0.15, 0.2) is 24.3 Å². The summed E-state index contributed by atoms with van der Waals surface area (Å²) < 4.78 is 44.7. The van der Waals surface area contributed by atoms with Gasteiger partial charge in [0.05, 0.1) is 5.41 Å². The fraction of sp³-hybridized carbons (Fsp3) is 0.529. The van der Waals surface area contributed by atoms with E-state index in [9.17, 15) is 18.0 Å². The third kappa shape index (κ3) is 6.97. The van der Waals surface area contributed by atoms with Gasteiger partial charge in [0.2, 0.25) is 0 Å². The van der Waals surface area contributed by atoms with E-state index >= 15 is 0 Å². The molecular formula is C17H22F3NO4. The number of carbonyl (C=O) groups is 1. The number of rotatable bonds is 3. The summed E-state index contributed by atoms with van der Waals surface area (Å²) >= 11 is 0. The summed E-state index contributed by atoms with van der Waals surface area (Å²) in [5.41, 5.74) is -1.99. The highest BCUT2D eigenvalue weighted by Gasteiger charge is 2.50. The molecule has 0 radical (unpaired) electrons. The number of carbonyl (C=O) groups excluding carboxylic acids is 3. The Morgan fingerprint density at radius 1 is 1.08 bits per heavy atom. The lowest BCUT2D eigenvalue weighted by Gasteiger charge is -2.31. The number of anilines is 1. The van der Waals surface area contributed by atoms with Gasteiger partial charge in [-0.2, -0.15) is 22.8 Å². The summed E-state index contributed by atoms with van der Waals surface area (Å²) in [7, 11) is 0. The Balaban J connectivity index is 0.00000178. The van der Waals surface area contributed by atoms with Gasteiger partial charge in [-0.05, 0) is 51.8 Å². The molecule has 0 aliphatic carbocycles. The Bertz CT molecular complexity index is 600. The van der Waals surface area contributed by atoms with Crippen molar-refractivity contribution < 1.29 is 32.3 Å². The van der Waals surface area contributed by atoms with Gasteiger partial charge in [-0.25, -0.2) is 4.79 Å². The first-order valence-electron chi connectivity index (χ1n) is 7.47. The zero-order valence-electron chi connectivity index (χ0n) is 14.8. The molecule has 1 atom stereocenters. The molecule has 0 bridgehead atoms. The first kappa shape index (κ1) is 22.7. The zero-order chi connectivity index (χ0) is 19.9. The topological polar surface area (TPSA) is 72.5 Å². The van der Waals surface area contributed by atoms with Crippen LogP contribution in [0.5, 0.6) is 0 Å². The minimum Gasteiger partial charge on any atom is -0.444 e. The zero-order valence-corrected chi connectivity index (χ0v) is 14.8. The number of amides is 1. The van der Waals surface area contributed by atoms with Crippen LogP contribution in [0, 0.1) is 0 Å². The van der Waals surface area contributed by atoms with Crippen molar-refractivity contribution in [3.63, 3.8) is 0 Å². The molecule has 1 N–H and O–H groups in total. The van der Waals surface area contributed by atoms with Crippen molar-refractivity contribution in [1.82, 2.24) is 0 Å². The highest BCUT2D eigenvalue weighted by molar-refractivity contribution is 5.84. The van der Waals surface area contributed by atoms with Crippen LogP contribution in [0.1, 0.15) is 46.6 Å². The molecule has 0 aliphatic rings. The summed E-state index contributed by atoms with van der Waals surface area (Å²) in [6.45, 7) is 7.85. The molecule has 0 spiro atoms. The van der Waals surface area contributed by atoms with Gasteiger partial charge >= 0.3 is 18.4 Å². The van der Waals surface area contributed by atoms with Crippen LogP contribution in [0.3, 0.4) is 0 Å². The molecule has 1 aromatic carbocycles. The van der Waals surface area contributed by atoms with E-state index < -0.39 is 23.3 Å². The van der Waals surface area contributed by atoms with Crippen molar-refractivity contribution in [3.05, 3.63) is 29.8 Å². The smallest absolute Gasteiger partial charge is 0.412 e. The van der Waals surface area contributed by atoms with Crippen molar-refractivity contribution >= 4 is 17.9 Å². The normalized spacial score (nSPS) is 13.6. The van der Waals surface area contributed by atoms with E-state index in [1.54, 1.807) is 20.8 Å². The molecule has 0 aliphatic heterocycles. The maximum absolute atomic E-state index is 13.2. The molecule has 0 fully saturated rings. The van der Waals surface area contributed by atoms with Crippen molar-refractivity contribution in [2.45, 2.75) is 58.2 Å². The number of nitrogens with one attached hydrogen (secondary N) is 1. The first-order chi connectivity index (χ1) is 11.3. The standard InChI is InChI=1S/C16H22F3NO2.CO2/c1-6-15(5,16(17,18)19)11-7-9-12(10-8-11)20-13(21)22-14(2,3)4;2-1-3/h7-10H,6H2,1-5H3,(H,20,21);. The lowest BCUT2D eigenvalue weighted by atomic mass is 9.79. The third-order valence-electron chi connectivity index (χ3n) is 3.50. The molecule has 1 rings (SSSR count). The highest BCUT2D eigenvalue weighted by Crippen LogP contribution is 2.43. The van der Waals surface area contributed by atoms with Crippen LogP contribution in [0.25, 0.3) is 0 Å². The molecule has 0 aromatic heterocycles. The molecule has 0 heterocycles. The van der Waals surface area contributed by atoms with Crippen LogP contribution >= 0.6 is 0 Å². The predicted molar refractivity (Wildman–Crippen MR) is 85.0 cm³/mol. The highest BCUT2D eigenvalue weighted by atomic mass is 19.4. The van der Waals surface area contributed by atoms with Crippen LogP contribution in [-0.2, 0) is 19.7 Å². The maximum Gasteiger partial charge on any atom is 0.412 e. The van der Waals surface area contributed by atoms with E-state index in [1.807, 2.05) is 0 Å². The lowest BCUT2D eigenvalue weighted by Crippen LogP contribution is -2.38. The minimum atomic E-state index is -4.33. The number of hydrogen-bond acceptors (Lipinski definition) is 4. The van der Waals surface area contributed by atoms with Gasteiger partial charge in [-0.15, -0.1) is 0 Å². The number of ether oxygens (including phenoxy) is 1. The Labute approximate surface area is 144 Å². The van der Waals surface area contributed by atoms with Gasteiger partial charge in [-0.3, -0.25) is 5.32 Å². The van der Waals surface area contributed by atoms with E-state index in [0.29, 0.717) is 5.69 Å². The van der Waals surface area contributed by atoms with E-state index in [1.165, 1.54) is 38.1 Å². The fourth-order valence-corrected chi connectivity index (χ4v) is 1.91. The SMILES string of the molecule is CCC(C)(c1ccc(NC(=O)OC(C)(C)C)cc1)C(F)(F)F.O=C=O. The second-order valence-corrected chi connectivity index (χ2v) is 6.47. The largest absolute Gasteiger partial charge is 0.444 e. The van der Waals surface area contributed by atoms with Gasteiger partial charge in [0.15, 0.2) is 0 Å². The van der Waals surface area contributed by atoms with Crippen LogP contribution in [-0.4, -0.2) is 24.0 Å². The Morgan fingerprint density at radius 2 is 1.52 bits per heavy atom. The third-order valence-corrected chi connectivity index (χ3v) is 3.50. The Hall–Kier alpha value is -2.34. The van der Waals surface area contributed by atoms with Crippen molar-refractivity contribution in [1.29, 1.82) is 0 Å². The molecule has 1 aromatic rings. The molecule has 25 heavy (non-hydrogen) atoms. The molecule has 8 heteroatoms. The van der Waals surface area contributed by atoms with Crippen molar-refractivity contribution in [3.8, 4) is 0 Å². The number of halogens is 3. The summed E-state index contributed by atoms with van der Waals surface area (Å²) in [6.07, 6.45) is -4.79. The quantitative estimate of drug-likeness (QED) is 0.848. The summed E-state index contributed by atoms with van der Waals surface area (Å²) in [6, 6.07) is 5.64. The summed E-state index contributed by atoms with van der Waals surface area (Å²) in [4.78, 5) is 27.9. The predicted octanol–water partition coefficient (Wildman–Crippen LogP) is 4.68. The van der Waals surface area contributed by atoms with E-state index in [4.69, 9.17) is 14.3 Å². The number of hydrogen-bond donors (Lipinski definition) is 1. The fourth-order valence-electron chi connectivity index (χ4n) is 1.91. The first-order valence-corrected chi connectivity index (χ1v) is 7.47. The molecule has 1 unspecified atom stereocenters. The average molecular weight is 361 g/mol. The van der Waals surface area contributed by atoms with Crippen LogP contribution in [0.4, 0.5) is 23.7 Å². The average Bonchev–Trinajstić information content (AvgIpc) is 2.44. The van der Waals surface area contributed by atoms with Crippen LogP contribution in [0.2, 0.25) is 0 Å². The van der Waals surface area contributed by atoms with Gasteiger partial charge < -0.3 is 4.74 Å². The monoisotopic (exact) mass is 361 g/mol. The van der Waals surface area contributed by atoms with Gasteiger partial charge in [-0.1, -0.05) is 19.1 Å². The van der Waals surface area contributed by atoms with Gasteiger partial charge in [0.1, 0.15) is 5.60 Å². The van der Waals surface area contributed by atoms with E-state index in [0.717, 1.165) is 0 Å². The molecule has 1 amide bonds. The molecule has 5 nitrogen and oxygen atoms in total. The number of benzene rings is 1. The van der Waals surface area contributed by atoms with Crippen molar-refractivity contribution in [2.75, 3.05) is 5.32 Å². The lowest BCUT2D eigenvalue weighted by molar-refractivity contribution is -0.192. The minimum absolute atomic E-state index is 0.0602. The molecular weight excluding hydrogens is 339 g/mol.